The van der Waals surface area contributed by atoms with Crippen molar-refractivity contribution in [2.24, 2.45) is 15.0 Å². The van der Waals surface area contributed by atoms with E-state index >= 15 is 0 Å². The molecule has 9 aromatic heterocycles. The Morgan fingerprint density at radius 1 is 0.360 bits per heavy atom. The Bertz CT molecular complexity index is 6910. The number of carbonyl (C=O) groups is 9. The Morgan fingerprint density at radius 3 is 0.949 bits per heavy atom. The molecule has 0 spiro atoms. The number of nitrogens with one attached hydrogen (secondary N) is 3. The van der Waals surface area contributed by atoms with Crippen molar-refractivity contribution < 1.29 is 58.5 Å². The lowest BCUT2D eigenvalue weighted by molar-refractivity contribution is 0.0942. The summed E-state index contributed by atoms with van der Waals surface area (Å²) in [6, 6.07) is 69.2. The average Bonchev–Trinajstić information content (AvgIpc) is 1.58. The number of amides is 3. The van der Waals surface area contributed by atoms with Gasteiger partial charge in [-0.3, -0.25) is 73.1 Å². The lowest BCUT2D eigenvalue weighted by Crippen LogP contribution is -2.23. The lowest BCUT2D eigenvalue weighted by Gasteiger charge is -2.19. The fourth-order valence-electron chi connectivity index (χ4n) is 13.7. The van der Waals surface area contributed by atoms with Gasteiger partial charge < -0.3 is 31.3 Å². The summed E-state index contributed by atoms with van der Waals surface area (Å²) >= 11 is 23.3. The molecule has 0 aliphatic carbocycles. The molecule has 0 atom stereocenters. The monoisotopic (exact) mass is 2020 g/mol. The number of rotatable bonds is 36. The van der Waals surface area contributed by atoms with E-state index in [9.17, 15) is 58.5 Å². The van der Waals surface area contributed by atoms with E-state index in [-0.39, 0.29) is 114 Å². The van der Waals surface area contributed by atoms with Crippen LogP contribution in [0.4, 0.5) is 0 Å². The fraction of sp³-hybridized carbons (Fsp3) is 0.179. The molecule has 21 nitrogen and oxygen atoms in total. The molecule has 0 aliphatic heterocycles. The topological polar surface area (TPSA) is 326 Å². The highest BCUT2D eigenvalue weighted by atomic mass is 79.9. The molecule has 9 heterocycles. The van der Waals surface area contributed by atoms with Gasteiger partial charge in [-0.05, 0) is 218 Å². The van der Waals surface area contributed by atoms with Gasteiger partial charge in [-0.15, -0.1) is 68.0 Å². The highest BCUT2D eigenvalue weighted by Crippen LogP contribution is 2.43. The maximum atomic E-state index is 12.9. The Hall–Kier alpha value is -13.1. The average molecular weight is 2030 g/mol. The largest absolute Gasteiger partial charge is 0.506 e. The first-order valence-electron chi connectivity index (χ1n) is 43.0. The second-order valence-electron chi connectivity index (χ2n) is 32.3. The predicted octanol–water partition coefficient (Wildman–Crippen LogP) is 24.4. The smallest absolute Gasteiger partial charge is 0.251 e. The van der Waals surface area contributed by atoms with Crippen molar-refractivity contribution >= 4 is 177 Å². The van der Waals surface area contributed by atoms with Crippen molar-refractivity contribution in [2.45, 2.75) is 105 Å². The molecule has 15 aromatic rings. The van der Waals surface area contributed by atoms with Crippen LogP contribution in [0.2, 0.25) is 10.0 Å². The highest BCUT2D eigenvalue weighted by molar-refractivity contribution is 9.10. The molecule has 0 bridgehead atoms. The number of hydrogen-bond donors (Lipinski definition) is 6. The zero-order chi connectivity index (χ0) is 96.5. The fourth-order valence-corrected chi connectivity index (χ4v) is 20.0. The van der Waals surface area contributed by atoms with Gasteiger partial charge in [0.2, 0.25) is 0 Å². The third-order valence-corrected chi connectivity index (χ3v) is 29.5. The number of nitrogens with zero attached hydrogens (tertiary/aromatic N) is 6. The van der Waals surface area contributed by atoms with Crippen LogP contribution >= 0.6 is 107 Å². The molecular weight excluding hydrogens is 1930 g/mol. The van der Waals surface area contributed by atoms with Crippen LogP contribution in [0.1, 0.15) is 206 Å². The Labute approximate surface area is 829 Å². The van der Waals surface area contributed by atoms with Crippen molar-refractivity contribution in [3.05, 3.63) is 382 Å². The van der Waals surface area contributed by atoms with Crippen LogP contribution in [0.3, 0.4) is 0 Å². The molecule has 136 heavy (non-hydrogen) atoms. The minimum atomic E-state index is -0.213. The molecule has 0 aliphatic rings. The molecule has 0 saturated heterocycles. The molecule has 690 valence electrons. The second-order valence-corrected chi connectivity index (χ2v) is 39.9. The number of hydrogen-bond acceptors (Lipinski definition) is 24. The summed E-state index contributed by atoms with van der Waals surface area (Å²) in [5.41, 5.74) is 14.0. The number of aromatic hydroxyl groups is 3. The number of Topliss-reactive ketones (excluding diaryl/α,β-unsaturated/α-hetero) is 6. The molecule has 0 unspecified atom stereocenters. The summed E-state index contributed by atoms with van der Waals surface area (Å²) in [5, 5.41) is 47.4. The van der Waals surface area contributed by atoms with Gasteiger partial charge in [0.25, 0.3) is 17.7 Å². The predicted molar refractivity (Wildman–Crippen MR) is 551 cm³/mol. The van der Waals surface area contributed by atoms with E-state index in [1.54, 1.807) is 136 Å². The number of aromatic nitrogens is 3. The van der Waals surface area contributed by atoms with Crippen LogP contribution in [0.5, 0.6) is 17.2 Å². The minimum absolute atomic E-state index is 0.0443. The first-order valence-corrected chi connectivity index (χ1v) is 49.7. The van der Waals surface area contributed by atoms with E-state index in [2.05, 4.69) is 94.7 Å². The second kappa shape index (κ2) is 47.9. The van der Waals surface area contributed by atoms with Crippen molar-refractivity contribution in [3.8, 4) is 48.6 Å². The van der Waals surface area contributed by atoms with Crippen LogP contribution < -0.4 is 16.0 Å². The molecule has 6 aromatic carbocycles. The van der Waals surface area contributed by atoms with Crippen LogP contribution in [0, 0.1) is 0 Å². The summed E-state index contributed by atoms with van der Waals surface area (Å²) in [5.74, 6) is -0.934. The van der Waals surface area contributed by atoms with Crippen LogP contribution in [-0.4, -0.2) is 119 Å². The van der Waals surface area contributed by atoms with Gasteiger partial charge in [0.1, 0.15) is 36.9 Å². The number of thiophene rings is 6. The minimum Gasteiger partial charge on any atom is -0.506 e. The van der Waals surface area contributed by atoms with E-state index in [0.717, 1.165) is 76.0 Å². The Kier molecular flexibility index (Phi) is 35.3. The number of aryl methyl sites for hydroxylation is 3. The SMILES string of the molecule is CC(=NCC(=O)c1ccc(C(=O)CCc2ccc(C(=O)NCc3ccccn3)cc2)s1)c1csc(-c2ccc(Br)cc2)c1O.CC(=NCC(=O)c1ccc(C(=O)CCc2ccc(C(=O)NCc3ccccn3)cc2)s1)c1csc(-c2ccc(C(C)(C)C)cc2)c1O.CC(=NCC(=O)c1ccc(C(=O)CCc2ccc(C(=O)NCc3ccccn3)cc2)s1)c1csc(-c2ccc(Cl)c(Cl)c2)c1O. The Balaban J connectivity index is 0.000000173. The first-order chi connectivity index (χ1) is 65.5. The zero-order valence-corrected chi connectivity index (χ0v) is 82.7. The van der Waals surface area contributed by atoms with Crippen LogP contribution in [-0.2, 0) is 44.3 Å². The van der Waals surface area contributed by atoms with E-state index < -0.39 is 0 Å². The van der Waals surface area contributed by atoms with E-state index in [1.807, 2.05) is 138 Å². The van der Waals surface area contributed by atoms with Gasteiger partial charge in [-0.1, -0.05) is 157 Å². The number of benzene rings is 6. The molecule has 0 saturated carbocycles. The van der Waals surface area contributed by atoms with Crippen molar-refractivity contribution in [1.29, 1.82) is 0 Å². The maximum Gasteiger partial charge on any atom is 0.251 e. The molecule has 15 rings (SSSR count). The van der Waals surface area contributed by atoms with Gasteiger partial charge in [0.15, 0.2) is 34.7 Å². The molecule has 6 N–H and O–H groups in total. The van der Waals surface area contributed by atoms with Crippen LogP contribution in [0.15, 0.2) is 285 Å². The standard InChI is InChI=1S/C38H37N3O4S2.C34H28BrN3O4S2.C34H27Cl2N3O4S2/c1-24(30-23-46-36(35(30)44)26-13-15-28(16-14-26)38(2,3)4)40-22-32(43)34-19-18-33(47-34)31(42)17-10-25-8-11-27(12-9-25)37(45)41-21-29-7-5-6-20-39-29;1-21(27-20-43-33(32(27)41)23-10-12-25(35)13-11-23)37-19-29(40)31-16-15-30(44-31)28(39)14-7-22-5-8-24(9-6-22)34(42)38-18-26-4-2-3-17-36-26;1-20(25-19-44-33(32(25)42)23-10-11-26(35)27(36)16-23)38-18-29(41)31-14-13-30(45-31)28(40)12-7-21-5-8-22(9-6-21)34(43)39-17-24-4-2-3-15-37-24/h5-9,11-16,18-20,23,44H,10,17,21-22H2,1-4H3,(H,41,45);2-6,8-13,15-17,20,41H,7,14,18-19H2,1H3,(H,38,42);2-6,8-11,13-16,19,42H,7,12,17-18H2,1H3,(H,39,43). The van der Waals surface area contributed by atoms with Crippen molar-refractivity contribution in [2.75, 3.05) is 19.6 Å². The highest BCUT2D eigenvalue weighted by Gasteiger charge is 2.25. The third kappa shape index (κ3) is 27.6. The summed E-state index contributed by atoms with van der Waals surface area (Å²) in [4.78, 5) is 146. The van der Waals surface area contributed by atoms with Gasteiger partial charge in [-0.25, -0.2) is 0 Å². The maximum absolute atomic E-state index is 12.9. The Morgan fingerprint density at radius 2 is 0.654 bits per heavy atom. The number of aliphatic imine (C=N–C) groups is 3. The summed E-state index contributed by atoms with van der Waals surface area (Å²) in [7, 11) is 0. The third-order valence-electron chi connectivity index (χ3n) is 21.7. The number of carbonyl (C=O) groups excluding carboxylic acids is 9. The zero-order valence-electron chi connectivity index (χ0n) is 74.7. The number of pyridine rings is 3. The van der Waals surface area contributed by atoms with Crippen molar-refractivity contribution in [3.63, 3.8) is 0 Å². The van der Waals surface area contributed by atoms with Gasteiger partial charge >= 0.3 is 0 Å². The lowest BCUT2D eigenvalue weighted by atomic mass is 9.86. The van der Waals surface area contributed by atoms with Crippen molar-refractivity contribution in [1.82, 2.24) is 30.9 Å². The van der Waals surface area contributed by atoms with Gasteiger partial charge in [-0.2, -0.15) is 0 Å². The quantitative estimate of drug-likeness (QED) is 0.0157. The number of halogens is 3. The molecule has 3 amide bonds. The van der Waals surface area contributed by atoms with E-state index in [0.29, 0.717) is 134 Å². The number of ketones is 6. The molecule has 0 fully saturated rings. The molecule has 30 heteroatoms. The van der Waals surface area contributed by atoms with Crippen LogP contribution in [0.25, 0.3) is 31.3 Å². The van der Waals surface area contributed by atoms with Gasteiger partial charge in [0, 0.05) is 109 Å². The summed E-state index contributed by atoms with van der Waals surface area (Å²) < 4.78 is 0.956. The summed E-state index contributed by atoms with van der Waals surface area (Å²) in [6.45, 7) is 12.5. The summed E-state index contributed by atoms with van der Waals surface area (Å²) in [6.07, 6.45) is 7.44. The molecule has 0 radical (unpaired) electrons. The van der Waals surface area contributed by atoms with E-state index in [1.165, 1.54) is 62.2 Å². The molecular formula is C106H92BrCl2N9O12S6. The van der Waals surface area contributed by atoms with E-state index in [4.69, 9.17) is 23.2 Å². The normalized spacial score (nSPS) is 11.5. The van der Waals surface area contributed by atoms with Gasteiger partial charge in [0.05, 0.1) is 90.7 Å². The first kappa shape index (κ1) is 100.